The predicted octanol–water partition coefficient (Wildman–Crippen LogP) is 3.00. The zero-order chi connectivity index (χ0) is 13.4. The van der Waals surface area contributed by atoms with Crippen molar-refractivity contribution in [3.05, 3.63) is 35.9 Å². The fraction of sp³-hybridized carbons (Fsp3) is 0.333. The van der Waals surface area contributed by atoms with E-state index in [2.05, 4.69) is 17.2 Å². The van der Waals surface area contributed by atoms with Gasteiger partial charge in [0.2, 0.25) is 0 Å². The number of aromatic nitrogens is 1. The molecule has 2 aromatic rings. The van der Waals surface area contributed by atoms with Gasteiger partial charge in [-0.15, -0.1) is 0 Å². The number of benzene rings is 1. The largest absolute Gasteiger partial charge is 0.478 e. The minimum atomic E-state index is -0.940. The Labute approximate surface area is 111 Å². The highest BCUT2D eigenvalue weighted by Gasteiger charge is 2.32. The van der Waals surface area contributed by atoms with Crippen LogP contribution in [0.4, 0.5) is 5.82 Å². The van der Waals surface area contributed by atoms with E-state index in [1.807, 2.05) is 24.3 Å². The van der Waals surface area contributed by atoms with Crippen LogP contribution in [0.3, 0.4) is 0 Å². The van der Waals surface area contributed by atoms with Crippen molar-refractivity contribution in [2.24, 2.45) is 11.8 Å². The van der Waals surface area contributed by atoms with Gasteiger partial charge in [0, 0.05) is 11.9 Å². The van der Waals surface area contributed by atoms with Crippen LogP contribution < -0.4 is 5.32 Å². The van der Waals surface area contributed by atoms with Crippen molar-refractivity contribution < 1.29 is 9.90 Å². The second kappa shape index (κ2) is 4.53. The molecule has 4 nitrogen and oxygen atoms in total. The van der Waals surface area contributed by atoms with Crippen molar-refractivity contribution in [2.45, 2.75) is 13.3 Å². The van der Waals surface area contributed by atoms with E-state index in [-0.39, 0.29) is 5.56 Å². The molecule has 2 atom stereocenters. The van der Waals surface area contributed by atoms with Crippen molar-refractivity contribution >= 4 is 22.7 Å². The molecule has 3 rings (SSSR count). The van der Waals surface area contributed by atoms with E-state index in [9.17, 15) is 9.90 Å². The van der Waals surface area contributed by atoms with Gasteiger partial charge in [-0.1, -0.05) is 25.1 Å². The quantitative estimate of drug-likeness (QED) is 0.882. The van der Waals surface area contributed by atoms with Crippen LogP contribution in [-0.2, 0) is 0 Å². The molecule has 1 saturated carbocycles. The van der Waals surface area contributed by atoms with E-state index in [1.165, 1.54) is 6.42 Å². The molecule has 0 amide bonds. The molecule has 0 saturated heterocycles. The third kappa shape index (κ3) is 2.38. The number of para-hydroxylation sites is 1. The zero-order valence-corrected chi connectivity index (χ0v) is 10.8. The highest BCUT2D eigenvalue weighted by atomic mass is 16.4. The Morgan fingerprint density at radius 1 is 1.47 bits per heavy atom. The summed E-state index contributed by atoms with van der Waals surface area (Å²) < 4.78 is 0. The number of fused-ring (bicyclic) bond motifs is 1. The van der Waals surface area contributed by atoms with Gasteiger partial charge in [-0.05, 0) is 30.4 Å². The number of nitrogens with one attached hydrogen (secondary N) is 1. The van der Waals surface area contributed by atoms with Crippen LogP contribution in [0.1, 0.15) is 23.7 Å². The summed E-state index contributed by atoms with van der Waals surface area (Å²) in [5.74, 6) is 0.922. The number of hydrogen-bond acceptors (Lipinski definition) is 3. The average Bonchev–Trinajstić information content (AvgIpc) is 3.11. The van der Waals surface area contributed by atoms with Gasteiger partial charge in [0.15, 0.2) is 0 Å². The summed E-state index contributed by atoms with van der Waals surface area (Å²) in [6.45, 7) is 3.01. The fourth-order valence-electron chi connectivity index (χ4n) is 2.32. The maximum atomic E-state index is 11.3. The van der Waals surface area contributed by atoms with Gasteiger partial charge in [0.1, 0.15) is 11.4 Å². The van der Waals surface area contributed by atoms with Crippen LogP contribution in [-0.4, -0.2) is 22.6 Å². The maximum absolute atomic E-state index is 11.3. The van der Waals surface area contributed by atoms with Gasteiger partial charge in [-0.3, -0.25) is 0 Å². The lowest BCUT2D eigenvalue weighted by molar-refractivity contribution is 0.0698. The minimum absolute atomic E-state index is 0.243. The van der Waals surface area contributed by atoms with Crippen molar-refractivity contribution in [3.63, 3.8) is 0 Å². The SMILES string of the molecule is CC1CC1CNc1nc2ccccc2cc1C(=O)O. The van der Waals surface area contributed by atoms with Crippen molar-refractivity contribution in [1.82, 2.24) is 4.98 Å². The summed E-state index contributed by atoms with van der Waals surface area (Å²) in [6, 6.07) is 9.24. The lowest BCUT2D eigenvalue weighted by Gasteiger charge is -2.09. The van der Waals surface area contributed by atoms with Gasteiger partial charge in [-0.2, -0.15) is 0 Å². The number of aromatic carboxylic acids is 1. The van der Waals surface area contributed by atoms with E-state index < -0.39 is 5.97 Å². The molecule has 1 heterocycles. The van der Waals surface area contributed by atoms with E-state index in [4.69, 9.17) is 0 Å². The molecule has 98 valence electrons. The topological polar surface area (TPSA) is 62.2 Å². The Kier molecular flexibility index (Phi) is 2.85. The van der Waals surface area contributed by atoms with Crippen LogP contribution in [0, 0.1) is 11.8 Å². The number of hydrogen-bond donors (Lipinski definition) is 2. The Balaban J connectivity index is 1.95. The molecule has 2 unspecified atom stereocenters. The molecule has 0 radical (unpaired) electrons. The molecule has 1 aliphatic carbocycles. The number of pyridine rings is 1. The molecule has 1 fully saturated rings. The molecular formula is C15H16N2O2. The first-order valence-corrected chi connectivity index (χ1v) is 6.52. The number of carbonyl (C=O) groups is 1. The Hall–Kier alpha value is -2.10. The number of rotatable bonds is 4. The molecule has 0 bridgehead atoms. The standard InChI is InChI=1S/C15H16N2O2/c1-9-6-11(9)8-16-14-12(15(18)19)7-10-4-2-3-5-13(10)17-14/h2-5,7,9,11H,6,8H2,1H3,(H,16,17)(H,18,19). The van der Waals surface area contributed by atoms with Gasteiger partial charge in [0.25, 0.3) is 0 Å². The highest BCUT2D eigenvalue weighted by molar-refractivity contribution is 5.98. The first-order valence-electron chi connectivity index (χ1n) is 6.52. The van der Waals surface area contributed by atoms with E-state index >= 15 is 0 Å². The smallest absolute Gasteiger partial charge is 0.339 e. The van der Waals surface area contributed by atoms with Crippen molar-refractivity contribution in [1.29, 1.82) is 0 Å². The first kappa shape index (κ1) is 12.0. The van der Waals surface area contributed by atoms with E-state index in [1.54, 1.807) is 6.07 Å². The van der Waals surface area contributed by atoms with Gasteiger partial charge in [0.05, 0.1) is 5.52 Å². The number of carboxylic acids is 1. The maximum Gasteiger partial charge on any atom is 0.339 e. The van der Waals surface area contributed by atoms with Crippen molar-refractivity contribution in [3.8, 4) is 0 Å². The second-order valence-corrected chi connectivity index (χ2v) is 5.24. The third-order valence-electron chi connectivity index (χ3n) is 3.76. The normalized spacial score (nSPS) is 21.3. The summed E-state index contributed by atoms with van der Waals surface area (Å²) >= 11 is 0. The molecule has 0 spiro atoms. The molecule has 2 N–H and O–H groups in total. The Bertz CT molecular complexity index is 639. The number of carboxylic acid groups (broad SMARTS) is 1. The molecule has 0 aliphatic heterocycles. The summed E-state index contributed by atoms with van der Waals surface area (Å²) in [6.07, 6.45) is 1.21. The molecule has 1 aliphatic rings. The van der Waals surface area contributed by atoms with E-state index in [0.29, 0.717) is 11.7 Å². The number of nitrogens with zero attached hydrogens (tertiary/aromatic N) is 1. The van der Waals surface area contributed by atoms with Gasteiger partial charge >= 0.3 is 5.97 Å². The Morgan fingerprint density at radius 3 is 2.89 bits per heavy atom. The minimum Gasteiger partial charge on any atom is -0.478 e. The average molecular weight is 256 g/mol. The molecule has 19 heavy (non-hydrogen) atoms. The van der Waals surface area contributed by atoms with Crippen LogP contribution in [0.15, 0.2) is 30.3 Å². The van der Waals surface area contributed by atoms with Crippen molar-refractivity contribution in [2.75, 3.05) is 11.9 Å². The van der Waals surface area contributed by atoms with Crippen LogP contribution >= 0.6 is 0 Å². The lowest BCUT2D eigenvalue weighted by Crippen LogP contribution is -2.11. The molecular weight excluding hydrogens is 240 g/mol. The molecule has 4 heteroatoms. The predicted molar refractivity (Wildman–Crippen MR) is 74.5 cm³/mol. The third-order valence-corrected chi connectivity index (χ3v) is 3.76. The summed E-state index contributed by atoms with van der Waals surface area (Å²) in [5, 5.41) is 13.3. The monoisotopic (exact) mass is 256 g/mol. The summed E-state index contributed by atoms with van der Waals surface area (Å²) in [7, 11) is 0. The zero-order valence-electron chi connectivity index (χ0n) is 10.8. The van der Waals surface area contributed by atoms with E-state index in [0.717, 1.165) is 23.4 Å². The van der Waals surface area contributed by atoms with Crippen LogP contribution in [0.25, 0.3) is 10.9 Å². The number of anilines is 1. The van der Waals surface area contributed by atoms with Gasteiger partial charge in [-0.25, -0.2) is 9.78 Å². The summed E-state index contributed by atoms with van der Waals surface area (Å²) in [4.78, 5) is 15.7. The van der Waals surface area contributed by atoms with Crippen LogP contribution in [0.5, 0.6) is 0 Å². The van der Waals surface area contributed by atoms with Crippen LogP contribution in [0.2, 0.25) is 0 Å². The molecule has 1 aromatic heterocycles. The Morgan fingerprint density at radius 2 is 2.21 bits per heavy atom. The first-order chi connectivity index (χ1) is 9.15. The fourth-order valence-corrected chi connectivity index (χ4v) is 2.32. The van der Waals surface area contributed by atoms with Gasteiger partial charge < -0.3 is 10.4 Å². The lowest BCUT2D eigenvalue weighted by atomic mass is 10.1. The molecule has 1 aromatic carbocycles. The summed E-state index contributed by atoms with van der Waals surface area (Å²) in [5.41, 5.74) is 1.06. The highest BCUT2D eigenvalue weighted by Crippen LogP contribution is 2.37. The second-order valence-electron chi connectivity index (χ2n) is 5.24.